The van der Waals surface area contributed by atoms with Gasteiger partial charge in [0.1, 0.15) is 16.6 Å². The van der Waals surface area contributed by atoms with E-state index in [0.717, 1.165) is 34.2 Å². The molecular formula is C12H15N5OS. The molecule has 0 spiro atoms. The van der Waals surface area contributed by atoms with Gasteiger partial charge in [-0.3, -0.25) is 0 Å². The number of hydrogen-bond donors (Lipinski definition) is 2. The number of nitrogens with zero attached hydrogens (tertiary/aromatic N) is 3. The summed E-state index contributed by atoms with van der Waals surface area (Å²) in [5.41, 5.74) is 5.66. The first-order chi connectivity index (χ1) is 9.26. The SMILES string of the molecule is Cc1csc(Cc2nc3c(c(NN)n2)COCC3)n1. The maximum atomic E-state index is 5.53. The van der Waals surface area contributed by atoms with Crippen LogP contribution in [0, 0.1) is 6.92 Å². The van der Waals surface area contributed by atoms with Crippen molar-refractivity contribution in [2.24, 2.45) is 5.84 Å². The van der Waals surface area contributed by atoms with E-state index in [-0.39, 0.29) is 0 Å². The molecule has 0 atom stereocenters. The molecule has 0 bridgehead atoms. The lowest BCUT2D eigenvalue weighted by atomic mass is 10.1. The minimum Gasteiger partial charge on any atom is -0.376 e. The van der Waals surface area contributed by atoms with Crippen LogP contribution in [0.25, 0.3) is 0 Å². The minimum atomic E-state index is 0.519. The molecule has 7 heteroatoms. The second-order valence-corrected chi connectivity index (χ2v) is 5.36. The van der Waals surface area contributed by atoms with E-state index in [4.69, 9.17) is 10.6 Å². The summed E-state index contributed by atoms with van der Waals surface area (Å²) in [4.78, 5) is 13.5. The number of nitrogens with one attached hydrogen (secondary N) is 1. The zero-order valence-electron chi connectivity index (χ0n) is 10.6. The van der Waals surface area contributed by atoms with E-state index in [0.29, 0.717) is 25.5 Å². The van der Waals surface area contributed by atoms with Crippen LogP contribution in [0.3, 0.4) is 0 Å². The smallest absolute Gasteiger partial charge is 0.149 e. The predicted octanol–water partition coefficient (Wildman–Crippen LogP) is 1.19. The Labute approximate surface area is 115 Å². The first kappa shape index (κ1) is 12.5. The lowest BCUT2D eigenvalue weighted by Gasteiger charge is -2.18. The topological polar surface area (TPSA) is 86.0 Å². The Hall–Kier alpha value is -1.57. The van der Waals surface area contributed by atoms with Crippen molar-refractivity contribution in [2.45, 2.75) is 26.4 Å². The molecule has 0 saturated heterocycles. The van der Waals surface area contributed by atoms with Crippen LogP contribution in [0.1, 0.15) is 27.8 Å². The number of thiazole rings is 1. The van der Waals surface area contributed by atoms with Gasteiger partial charge in [0.25, 0.3) is 0 Å². The number of nitrogen functional groups attached to an aromatic ring is 1. The van der Waals surface area contributed by atoms with Gasteiger partial charge >= 0.3 is 0 Å². The summed E-state index contributed by atoms with van der Waals surface area (Å²) < 4.78 is 5.41. The summed E-state index contributed by atoms with van der Waals surface area (Å²) in [5, 5.41) is 3.05. The average molecular weight is 277 g/mol. The first-order valence-electron chi connectivity index (χ1n) is 6.10. The molecule has 3 N–H and O–H groups in total. The quantitative estimate of drug-likeness (QED) is 0.647. The highest BCUT2D eigenvalue weighted by molar-refractivity contribution is 7.09. The van der Waals surface area contributed by atoms with Crippen LogP contribution in [0.2, 0.25) is 0 Å². The number of nitrogens with two attached hydrogens (primary N) is 1. The number of hydrazine groups is 1. The van der Waals surface area contributed by atoms with Crippen LogP contribution >= 0.6 is 11.3 Å². The molecule has 6 nitrogen and oxygen atoms in total. The molecule has 1 aliphatic heterocycles. The molecule has 3 heterocycles. The van der Waals surface area contributed by atoms with Gasteiger partial charge in [-0.15, -0.1) is 11.3 Å². The number of anilines is 1. The second-order valence-electron chi connectivity index (χ2n) is 4.42. The zero-order valence-corrected chi connectivity index (χ0v) is 11.5. The van der Waals surface area contributed by atoms with Crippen molar-refractivity contribution in [3.05, 3.63) is 33.2 Å². The number of aryl methyl sites for hydroxylation is 1. The minimum absolute atomic E-state index is 0.519. The highest BCUT2D eigenvalue weighted by Gasteiger charge is 2.18. The van der Waals surface area contributed by atoms with E-state index in [9.17, 15) is 0 Å². The molecule has 3 rings (SSSR count). The van der Waals surface area contributed by atoms with Crippen molar-refractivity contribution >= 4 is 17.2 Å². The molecule has 2 aromatic heterocycles. The number of ether oxygens (including phenoxy) is 1. The van der Waals surface area contributed by atoms with Gasteiger partial charge in [0.2, 0.25) is 0 Å². The van der Waals surface area contributed by atoms with Gasteiger partial charge in [0.15, 0.2) is 0 Å². The Balaban J connectivity index is 1.93. The summed E-state index contributed by atoms with van der Waals surface area (Å²) in [6.45, 7) is 3.20. The molecule has 2 aromatic rings. The van der Waals surface area contributed by atoms with Crippen molar-refractivity contribution in [2.75, 3.05) is 12.0 Å². The number of hydrogen-bond acceptors (Lipinski definition) is 7. The fourth-order valence-corrected chi connectivity index (χ4v) is 2.87. The van der Waals surface area contributed by atoms with Crippen molar-refractivity contribution in [3.63, 3.8) is 0 Å². The molecule has 0 radical (unpaired) electrons. The van der Waals surface area contributed by atoms with Gasteiger partial charge in [-0.25, -0.2) is 20.8 Å². The molecule has 100 valence electrons. The Morgan fingerprint density at radius 3 is 3.05 bits per heavy atom. The fourth-order valence-electron chi connectivity index (χ4n) is 2.10. The van der Waals surface area contributed by atoms with E-state index in [1.807, 2.05) is 12.3 Å². The maximum absolute atomic E-state index is 5.53. The standard InChI is InChI=1S/C12H15N5OS/c1-7-6-19-11(14-7)4-10-15-9-2-3-18-5-8(9)12(16-10)17-13/h6H,2-5,13H2,1H3,(H,15,16,17). The van der Waals surface area contributed by atoms with Crippen LogP contribution in [0.15, 0.2) is 5.38 Å². The molecule has 1 aliphatic rings. The van der Waals surface area contributed by atoms with E-state index >= 15 is 0 Å². The van der Waals surface area contributed by atoms with Crippen LogP contribution in [0.4, 0.5) is 5.82 Å². The Morgan fingerprint density at radius 2 is 2.32 bits per heavy atom. The van der Waals surface area contributed by atoms with Gasteiger partial charge in [0, 0.05) is 23.1 Å². The highest BCUT2D eigenvalue weighted by atomic mass is 32.1. The van der Waals surface area contributed by atoms with Crippen molar-refractivity contribution in [1.29, 1.82) is 0 Å². The lowest BCUT2D eigenvalue weighted by molar-refractivity contribution is 0.109. The zero-order chi connectivity index (χ0) is 13.2. The fraction of sp³-hybridized carbons (Fsp3) is 0.417. The van der Waals surface area contributed by atoms with Gasteiger partial charge < -0.3 is 10.2 Å². The van der Waals surface area contributed by atoms with Gasteiger partial charge in [-0.2, -0.15) is 0 Å². The molecule has 19 heavy (non-hydrogen) atoms. The van der Waals surface area contributed by atoms with E-state index in [1.165, 1.54) is 0 Å². The summed E-state index contributed by atoms with van der Waals surface area (Å²) in [6, 6.07) is 0. The van der Waals surface area contributed by atoms with Crippen LogP contribution < -0.4 is 11.3 Å². The third kappa shape index (κ3) is 2.58. The van der Waals surface area contributed by atoms with E-state index in [1.54, 1.807) is 11.3 Å². The summed E-state index contributed by atoms with van der Waals surface area (Å²) in [7, 11) is 0. The van der Waals surface area contributed by atoms with Crippen molar-refractivity contribution in [3.8, 4) is 0 Å². The summed E-state index contributed by atoms with van der Waals surface area (Å²) >= 11 is 1.63. The van der Waals surface area contributed by atoms with Crippen molar-refractivity contribution < 1.29 is 4.74 Å². The van der Waals surface area contributed by atoms with E-state index < -0.39 is 0 Å². The van der Waals surface area contributed by atoms with E-state index in [2.05, 4.69) is 20.4 Å². The second kappa shape index (κ2) is 5.20. The van der Waals surface area contributed by atoms with Crippen LogP contribution in [0.5, 0.6) is 0 Å². The maximum Gasteiger partial charge on any atom is 0.149 e. The normalized spacial score (nSPS) is 14.2. The monoisotopic (exact) mass is 277 g/mol. The van der Waals surface area contributed by atoms with Gasteiger partial charge in [0.05, 0.1) is 25.3 Å². The van der Waals surface area contributed by atoms with Gasteiger partial charge in [-0.05, 0) is 6.92 Å². The molecular weight excluding hydrogens is 262 g/mol. The van der Waals surface area contributed by atoms with Crippen molar-refractivity contribution in [1.82, 2.24) is 15.0 Å². The molecule has 0 saturated carbocycles. The van der Waals surface area contributed by atoms with Crippen LogP contribution in [-0.4, -0.2) is 21.6 Å². The van der Waals surface area contributed by atoms with Gasteiger partial charge in [-0.1, -0.05) is 0 Å². The average Bonchev–Trinajstić information content (AvgIpc) is 2.83. The predicted molar refractivity (Wildman–Crippen MR) is 72.9 cm³/mol. The number of fused-ring (bicyclic) bond motifs is 1. The largest absolute Gasteiger partial charge is 0.376 e. The Kier molecular flexibility index (Phi) is 3.41. The highest BCUT2D eigenvalue weighted by Crippen LogP contribution is 2.22. The molecule has 0 fully saturated rings. The first-order valence-corrected chi connectivity index (χ1v) is 6.98. The molecule has 0 unspecified atom stereocenters. The van der Waals surface area contributed by atoms with Crippen LogP contribution in [-0.2, 0) is 24.2 Å². The summed E-state index contributed by atoms with van der Waals surface area (Å²) in [5.74, 6) is 6.94. The Morgan fingerprint density at radius 1 is 1.42 bits per heavy atom. The molecule has 0 aromatic carbocycles. The Bertz CT molecular complexity index is 581. The third-order valence-corrected chi connectivity index (χ3v) is 3.95. The lowest BCUT2D eigenvalue weighted by Crippen LogP contribution is -2.20. The summed E-state index contributed by atoms with van der Waals surface area (Å²) in [6.07, 6.45) is 1.44. The number of rotatable bonds is 3. The number of aromatic nitrogens is 3. The third-order valence-electron chi connectivity index (χ3n) is 2.98. The molecule has 0 aliphatic carbocycles. The molecule has 0 amide bonds.